The number of nitriles is 1. The van der Waals surface area contributed by atoms with Crippen molar-refractivity contribution in [2.24, 2.45) is 0 Å². The molecule has 1 rings (SSSR count). The summed E-state index contributed by atoms with van der Waals surface area (Å²) in [6.45, 7) is 3.81. The van der Waals surface area contributed by atoms with Crippen LogP contribution in [0.2, 0.25) is 0 Å². The van der Waals surface area contributed by atoms with E-state index in [1.807, 2.05) is 6.07 Å². The minimum atomic E-state index is -3.35. The van der Waals surface area contributed by atoms with E-state index in [-0.39, 0.29) is 24.9 Å². The highest BCUT2D eigenvalue weighted by Gasteiger charge is 2.25. The Hall–Kier alpha value is -1.21. The summed E-state index contributed by atoms with van der Waals surface area (Å²) in [7, 11) is -3.35. The molecule has 0 aliphatic carbocycles. The van der Waals surface area contributed by atoms with Gasteiger partial charge >= 0.3 is 7.60 Å². The van der Waals surface area contributed by atoms with Crippen molar-refractivity contribution in [1.82, 2.24) is 0 Å². The first-order chi connectivity index (χ1) is 8.54. The van der Waals surface area contributed by atoms with Crippen LogP contribution in [0.3, 0.4) is 0 Å². The zero-order valence-electron chi connectivity index (χ0n) is 10.4. The van der Waals surface area contributed by atoms with Crippen molar-refractivity contribution in [3.8, 4) is 6.07 Å². The van der Waals surface area contributed by atoms with E-state index in [0.29, 0.717) is 5.56 Å². The van der Waals surface area contributed by atoms with E-state index in [2.05, 4.69) is 0 Å². The van der Waals surface area contributed by atoms with Crippen LogP contribution in [-0.4, -0.2) is 13.2 Å². The number of hydrogen-bond donors (Lipinski definition) is 0. The van der Waals surface area contributed by atoms with Gasteiger partial charge in [0.2, 0.25) is 0 Å². The minimum absolute atomic E-state index is 0.166. The van der Waals surface area contributed by atoms with Crippen molar-refractivity contribution in [3.63, 3.8) is 0 Å². The lowest BCUT2D eigenvalue weighted by atomic mass is 10.1. The van der Waals surface area contributed by atoms with E-state index < -0.39 is 13.4 Å². The summed E-state index contributed by atoms with van der Waals surface area (Å²) in [5.74, 6) is -0.520. The van der Waals surface area contributed by atoms with Crippen LogP contribution in [0.5, 0.6) is 0 Å². The van der Waals surface area contributed by atoms with Gasteiger partial charge in [-0.2, -0.15) is 5.26 Å². The zero-order valence-corrected chi connectivity index (χ0v) is 11.2. The lowest BCUT2D eigenvalue weighted by Crippen LogP contribution is -2.01. The molecule has 1 aromatic rings. The normalized spacial score (nSPS) is 11.2. The van der Waals surface area contributed by atoms with Crippen molar-refractivity contribution in [2.45, 2.75) is 20.0 Å². The third-order valence-corrected chi connectivity index (χ3v) is 4.22. The fourth-order valence-electron chi connectivity index (χ4n) is 1.50. The van der Waals surface area contributed by atoms with Crippen LogP contribution >= 0.6 is 7.60 Å². The molecule has 0 aromatic heterocycles. The van der Waals surface area contributed by atoms with Crippen LogP contribution in [0, 0.1) is 17.1 Å². The van der Waals surface area contributed by atoms with Gasteiger partial charge in [0.05, 0.1) is 31.0 Å². The Labute approximate surface area is 106 Å². The first-order valence-electron chi connectivity index (χ1n) is 5.61. The smallest absolute Gasteiger partial charge is 0.309 e. The quantitative estimate of drug-likeness (QED) is 0.743. The molecule has 0 bridgehead atoms. The summed E-state index contributed by atoms with van der Waals surface area (Å²) >= 11 is 0. The van der Waals surface area contributed by atoms with Crippen LogP contribution in [0.1, 0.15) is 25.0 Å². The Bertz CT molecular complexity index is 489. The molecule has 0 atom stereocenters. The summed E-state index contributed by atoms with van der Waals surface area (Å²) in [6, 6.07) is 5.81. The van der Waals surface area contributed by atoms with Crippen molar-refractivity contribution in [3.05, 3.63) is 35.1 Å². The summed E-state index contributed by atoms with van der Waals surface area (Å²) in [5.41, 5.74) is 0.477. The Morgan fingerprint density at radius 1 is 1.33 bits per heavy atom. The van der Waals surface area contributed by atoms with Gasteiger partial charge in [-0.3, -0.25) is 4.57 Å². The number of benzene rings is 1. The number of rotatable bonds is 6. The maximum absolute atomic E-state index is 13.6. The largest absolute Gasteiger partial charge is 0.335 e. The van der Waals surface area contributed by atoms with Gasteiger partial charge in [-0.1, -0.05) is 0 Å². The Balaban J connectivity index is 3.00. The van der Waals surface area contributed by atoms with E-state index in [1.54, 1.807) is 13.8 Å². The summed E-state index contributed by atoms with van der Waals surface area (Å²) < 4.78 is 36.0. The third kappa shape index (κ3) is 3.92. The lowest BCUT2D eigenvalue weighted by molar-refractivity contribution is 0.219. The Kier molecular flexibility index (Phi) is 5.49. The predicted octanol–water partition coefficient (Wildman–Crippen LogP) is 3.46. The van der Waals surface area contributed by atoms with E-state index in [4.69, 9.17) is 14.3 Å². The topological polar surface area (TPSA) is 59.3 Å². The van der Waals surface area contributed by atoms with E-state index in [0.717, 1.165) is 0 Å². The van der Waals surface area contributed by atoms with Gasteiger partial charge in [-0.15, -0.1) is 0 Å². The molecule has 0 spiro atoms. The van der Waals surface area contributed by atoms with Crippen LogP contribution in [0.15, 0.2) is 18.2 Å². The molecule has 0 aliphatic heterocycles. The molecule has 0 saturated heterocycles. The molecule has 6 heteroatoms. The average molecular weight is 271 g/mol. The Morgan fingerprint density at radius 2 is 1.94 bits per heavy atom. The number of hydrogen-bond acceptors (Lipinski definition) is 4. The van der Waals surface area contributed by atoms with E-state index in [1.165, 1.54) is 18.2 Å². The number of nitrogens with zero attached hydrogens (tertiary/aromatic N) is 1. The second-order valence-corrected chi connectivity index (χ2v) is 5.58. The van der Waals surface area contributed by atoms with Gasteiger partial charge in [-0.05, 0) is 32.0 Å². The first-order valence-corrected chi connectivity index (χ1v) is 7.34. The zero-order chi connectivity index (χ0) is 13.6. The molecule has 0 aliphatic rings. The van der Waals surface area contributed by atoms with Crippen molar-refractivity contribution in [2.75, 3.05) is 13.2 Å². The highest BCUT2D eigenvalue weighted by Crippen LogP contribution is 2.51. The highest BCUT2D eigenvalue weighted by atomic mass is 31.2. The molecule has 0 fully saturated rings. The van der Waals surface area contributed by atoms with Crippen LogP contribution in [-0.2, 0) is 19.8 Å². The van der Waals surface area contributed by atoms with Gasteiger partial charge < -0.3 is 9.05 Å². The summed E-state index contributed by atoms with van der Waals surface area (Å²) in [6.07, 6.45) is -0.171. The maximum Gasteiger partial charge on any atom is 0.335 e. The molecular weight excluding hydrogens is 256 g/mol. The molecule has 98 valence electrons. The predicted molar refractivity (Wildman–Crippen MR) is 65.7 cm³/mol. The third-order valence-electron chi connectivity index (χ3n) is 2.19. The van der Waals surface area contributed by atoms with Crippen molar-refractivity contribution in [1.29, 1.82) is 5.26 Å². The molecular formula is C12H15FNO3P. The monoisotopic (exact) mass is 271 g/mol. The number of halogens is 1. The fraction of sp³-hybridized carbons (Fsp3) is 0.417. The first kappa shape index (κ1) is 14.8. The molecule has 0 unspecified atom stereocenters. The van der Waals surface area contributed by atoms with Crippen molar-refractivity contribution < 1.29 is 18.0 Å². The second kappa shape index (κ2) is 6.65. The molecule has 18 heavy (non-hydrogen) atoms. The highest BCUT2D eigenvalue weighted by molar-refractivity contribution is 7.53. The van der Waals surface area contributed by atoms with Crippen molar-refractivity contribution >= 4 is 7.60 Å². The second-order valence-electron chi connectivity index (χ2n) is 3.52. The summed E-state index contributed by atoms with van der Waals surface area (Å²) in [4.78, 5) is 0. The van der Waals surface area contributed by atoms with Gasteiger partial charge in [0.25, 0.3) is 0 Å². The van der Waals surface area contributed by atoms with E-state index in [9.17, 15) is 8.96 Å². The Morgan fingerprint density at radius 3 is 2.44 bits per heavy atom. The lowest BCUT2D eigenvalue weighted by Gasteiger charge is -2.17. The minimum Gasteiger partial charge on any atom is -0.309 e. The molecule has 0 amide bonds. The van der Waals surface area contributed by atoms with Gasteiger partial charge in [-0.25, -0.2) is 4.39 Å². The van der Waals surface area contributed by atoms with Gasteiger partial charge in [0, 0.05) is 5.56 Å². The van der Waals surface area contributed by atoms with Crippen LogP contribution in [0.4, 0.5) is 4.39 Å². The molecule has 0 saturated carbocycles. The maximum atomic E-state index is 13.6. The van der Waals surface area contributed by atoms with Crippen LogP contribution < -0.4 is 0 Å². The standard InChI is InChI=1S/C12H15FNO3P/c1-3-16-18(15,17-4-2)9-11-7-10(8-14)5-6-12(11)13/h5-7H,3-4,9H2,1-2H3. The molecule has 0 heterocycles. The fourth-order valence-corrected chi connectivity index (χ4v) is 3.20. The van der Waals surface area contributed by atoms with Gasteiger partial charge in [0.15, 0.2) is 0 Å². The molecule has 1 aromatic carbocycles. The molecule has 4 nitrogen and oxygen atoms in total. The molecule has 0 radical (unpaired) electrons. The SMILES string of the molecule is CCOP(=O)(Cc1cc(C#N)ccc1F)OCC. The van der Waals surface area contributed by atoms with Gasteiger partial charge in [0.1, 0.15) is 5.82 Å². The summed E-state index contributed by atoms with van der Waals surface area (Å²) in [5, 5.41) is 8.75. The van der Waals surface area contributed by atoms with Crippen LogP contribution in [0.25, 0.3) is 0 Å². The average Bonchev–Trinajstić information content (AvgIpc) is 2.32. The van der Waals surface area contributed by atoms with E-state index >= 15 is 0 Å². The molecule has 0 N–H and O–H groups in total.